The Morgan fingerprint density at radius 2 is 1.80 bits per heavy atom. The monoisotopic (exact) mass is 445 g/mol. The van der Waals surface area contributed by atoms with Crippen LogP contribution in [-0.4, -0.2) is 52.2 Å². The quantitative estimate of drug-likeness (QED) is 0.614. The van der Waals surface area contributed by atoms with Crippen molar-refractivity contribution in [3.63, 3.8) is 0 Å². The molecule has 0 radical (unpaired) electrons. The van der Waals surface area contributed by atoms with E-state index in [0.717, 1.165) is 5.56 Å². The van der Waals surface area contributed by atoms with Gasteiger partial charge in [-0.3, -0.25) is 4.90 Å². The number of carbonyl (C=O) groups is 1. The Morgan fingerprint density at radius 3 is 2.50 bits per heavy atom. The number of carbonyl (C=O) groups excluding carboxylic acids is 1. The van der Waals surface area contributed by atoms with Crippen LogP contribution in [0.5, 0.6) is 0 Å². The molecule has 4 rings (SSSR count). The van der Waals surface area contributed by atoms with Crippen molar-refractivity contribution in [2.45, 2.75) is 13.0 Å². The van der Waals surface area contributed by atoms with Crippen molar-refractivity contribution < 1.29 is 9.32 Å². The number of nitrogens with zero attached hydrogens (tertiary/aromatic N) is 4. The summed E-state index contributed by atoms with van der Waals surface area (Å²) in [6.45, 7) is 4.64. The molecule has 1 aromatic heterocycles. The molecule has 30 heavy (non-hydrogen) atoms. The standard InChI is InChI=1S/C21H21Cl2N5O2/c1-14(20-25-19(26-30-20)15-5-3-2-4-6-15)27-9-11-28(12-10-27)21(29)24-16-7-8-17(22)18(23)13-16/h2-8,13-14H,9-12H2,1H3,(H,24,29)/t14-/m0/s1. The number of amides is 2. The normalized spacial score (nSPS) is 15.8. The summed E-state index contributed by atoms with van der Waals surface area (Å²) < 4.78 is 5.49. The fraction of sp³-hybridized carbons (Fsp3) is 0.286. The van der Waals surface area contributed by atoms with Gasteiger partial charge in [0.2, 0.25) is 11.7 Å². The SMILES string of the molecule is C[C@@H](c1nc(-c2ccccc2)no1)N1CCN(C(=O)Nc2ccc(Cl)c(Cl)c2)CC1. The number of hydrogen-bond acceptors (Lipinski definition) is 5. The second kappa shape index (κ2) is 9.04. The lowest BCUT2D eigenvalue weighted by Crippen LogP contribution is -2.50. The number of nitrogens with one attached hydrogen (secondary N) is 1. The topological polar surface area (TPSA) is 74.5 Å². The summed E-state index contributed by atoms with van der Waals surface area (Å²) >= 11 is 11.9. The van der Waals surface area contributed by atoms with Crippen molar-refractivity contribution >= 4 is 34.9 Å². The van der Waals surface area contributed by atoms with Gasteiger partial charge in [0, 0.05) is 37.4 Å². The lowest BCUT2D eigenvalue weighted by Gasteiger charge is -2.36. The van der Waals surface area contributed by atoms with Gasteiger partial charge in [0.25, 0.3) is 0 Å². The number of rotatable bonds is 4. The zero-order valence-electron chi connectivity index (χ0n) is 16.4. The van der Waals surface area contributed by atoms with Gasteiger partial charge in [-0.1, -0.05) is 58.7 Å². The molecule has 9 heteroatoms. The van der Waals surface area contributed by atoms with E-state index < -0.39 is 0 Å². The molecule has 1 aliphatic heterocycles. The molecule has 2 aromatic carbocycles. The highest BCUT2D eigenvalue weighted by Crippen LogP contribution is 2.26. The molecule has 0 aliphatic carbocycles. The van der Waals surface area contributed by atoms with Crippen LogP contribution in [0.1, 0.15) is 18.9 Å². The van der Waals surface area contributed by atoms with Gasteiger partial charge in [0.05, 0.1) is 16.1 Å². The predicted octanol–water partition coefficient (Wildman–Crippen LogP) is 4.95. The van der Waals surface area contributed by atoms with Crippen molar-refractivity contribution in [2.24, 2.45) is 0 Å². The van der Waals surface area contributed by atoms with E-state index in [1.54, 1.807) is 23.1 Å². The Kier molecular flexibility index (Phi) is 6.22. The molecule has 0 unspecified atom stereocenters. The summed E-state index contributed by atoms with van der Waals surface area (Å²) in [4.78, 5) is 21.1. The van der Waals surface area contributed by atoms with Gasteiger partial charge >= 0.3 is 6.03 Å². The average molecular weight is 446 g/mol. The van der Waals surface area contributed by atoms with E-state index in [9.17, 15) is 4.79 Å². The maximum absolute atomic E-state index is 12.5. The van der Waals surface area contributed by atoms with Crippen LogP contribution < -0.4 is 5.32 Å². The number of aromatic nitrogens is 2. The average Bonchev–Trinajstić information content (AvgIpc) is 3.27. The summed E-state index contributed by atoms with van der Waals surface area (Å²) in [6.07, 6.45) is 0. The van der Waals surface area contributed by atoms with Crippen LogP contribution in [-0.2, 0) is 0 Å². The van der Waals surface area contributed by atoms with Crippen LogP contribution in [0.2, 0.25) is 10.0 Å². The van der Waals surface area contributed by atoms with Gasteiger partial charge in [-0.25, -0.2) is 4.79 Å². The van der Waals surface area contributed by atoms with Gasteiger partial charge in [0.15, 0.2) is 0 Å². The van der Waals surface area contributed by atoms with E-state index >= 15 is 0 Å². The maximum Gasteiger partial charge on any atom is 0.321 e. The second-order valence-electron chi connectivity index (χ2n) is 7.08. The van der Waals surface area contributed by atoms with Gasteiger partial charge in [-0.05, 0) is 25.1 Å². The molecular weight excluding hydrogens is 425 g/mol. The van der Waals surface area contributed by atoms with E-state index in [1.165, 1.54) is 0 Å². The van der Waals surface area contributed by atoms with Crippen molar-refractivity contribution in [3.8, 4) is 11.4 Å². The molecule has 1 saturated heterocycles. The minimum atomic E-state index is -0.162. The highest BCUT2D eigenvalue weighted by molar-refractivity contribution is 6.42. The molecule has 1 atom stereocenters. The minimum Gasteiger partial charge on any atom is -0.337 e. The predicted molar refractivity (Wildman–Crippen MR) is 117 cm³/mol. The van der Waals surface area contributed by atoms with Gasteiger partial charge < -0.3 is 14.7 Å². The molecule has 0 bridgehead atoms. The molecule has 2 amide bonds. The van der Waals surface area contributed by atoms with Gasteiger partial charge in [-0.15, -0.1) is 0 Å². The van der Waals surface area contributed by atoms with Crippen LogP contribution in [0.25, 0.3) is 11.4 Å². The van der Waals surface area contributed by atoms with Crippen molar-refractivity contribution in [3.05, 3.63) is 64.5 Å². The smallest absolute Gasteiger partial charge is 0.321 e. The van der Waals surface area contributed by atoms with E-state index in [0.29, 0.717) is 53.6 Å². The first-order chi connectivity index (χ1) is 14.5. The third kappa shape index (κ3) is 4.59. The summed E-state index contributed by atoms with van der Waals surface area (Å²) in [5.41, 5.74) is 1.54. The molecule has 1 aliphatic rings. The molecule has 1 fully saturated rings. The summed E-state index contributed by atoms with van der Waals surface area (Å²) in [7, 11) is 0. The molecule has 156 valence electrons. The van der Waals surface area contributed by atoms with Crippen molar-refractivity contribution in [2.75, 3.05) is 31.5 Å². The van der Waals surface area contributed by atoms with Crippen LogP contribution in [0, 0.1) is 0 Å². The molecular formula is C21H21Cl2N5O2. The number of benzene rings is 2. The number of hydrogen-bond donors (Lipinski definition) is 1. The first kappa shape index (κ1) is 20.7. The lowest BCUT2D eigenvalue weighted by atomic mass is 10.2. The number of anilines is 1. The van der Waals surface area contributed by atoms with Crippen LogP contribution in [0.15, 0.2) is 53.1 Å². The zero-order chi connectivity index (χ0) is 21.1. The molecule has 7 nitrogen and oxygen atoms in total. The molecule has 2 heterocycles. The maximum atomic E-state index is 12.5. The van der Waals surface area contributed by atoms with Crippen molar-refractivity contribution in [1.82, 2.24) is 19.9 Å². The highest BCUT2D eigenvalue weighted by atomic mass is 35.5. The zero-order valence-corrected chi connectivity index (χ0v) is 17.9. The third-order valence-electron chi connectivity index (χ3n) is 5.15. The number of halogens is 2. The number of piperazine rings is 1. The molecule has 1 N–H and O–H groups in total. The molecule has 3 aromatic rings. The summed E-state index contributed by atoms with van der Waals surface area (Å²) in [6, 6.07) is 14.6. The lowest BCUT2D eigenvalue weighted by molar-refractivity contribution is 0.104. The largest absolute Gasteiger partial charge is 0.337 e. The highest BCUT2D eigenvalue weighted by Gasteiger charge is 2.28. The van der Waals surface area contributed by atoms with E-state index in [-0.39, 0.29) is 12.1 Å². The fourth-order valence-corrected chi connectivity index (χ4v) is 3.65. The Morgan fingerprint density at radius 1 is 1.07 bits per heavy atom. The van der Waals surface area contributed by atoms with Crippen molar-refractivity contribution in [1.29, 1.82) is 0 Å². The first-order valence-electron chi connectivity index (χ1n) is 9.65. The van der Waals surface area contributed by atoms with Crippen LogP contribution >= 0.6 is 23.2 Å². The molecule has 0 spiro atoms. The van der Waals surface area contributed by atoms with Crippen LogP contribution in [0.4, 0.5) is 10.5 Å². The van der Waals surface area contributed by atoms with E-state index in [4.69, 9.17) is 27.7 Å². The minimum absolute atomic E-state index is 0.0322. The van der Waals surface area contributed by atoms with E-state index in [2.05, 4.69) is 20.4 Å². The first-order valence-corrected chi connectivity index (χ1v) is 10.4. The Hall–Kier alpha value is -2.61. The third-order valence-corrected chi connectivity index (χ3v) is 5.89. The van der Waals surface area contributed by atoms with Gasteiger partial charge in [-0.2, -0.15) is 4.98 Å². The van der Waals surface area contributed by atoms with Gasteiger partial charge in [0.1, 0.15) is 0 Å². The molecule has 0 saturated carbocycles. The Bertz CT molecular complexity index is 1020. The fourth-order valence-electron chi connectivity index (χ4n) is 3.35. The Balaban J connectivity index is 1.33. The Labute approximate surface area is 184 Å². The summed E-state index contributed by atoms with van der Waals surface area (Å²) in [5, 5.41) is 7.82. The van der Waals surface area contributed by atoms with Crippen LogP contribution in [0.3, 0.4) is 0 Å². The second-order valence-corrected chi connectivity index (χ2v) is 7.89. The van der Waals surface area contributed by atoms with E-state index in [1.807, 2.05) is 37.3 Å². The number of urea groups is 1. The summed E-state index contributed by atoms with van der Waals surface area (Å²) in [5.74, 6) is 1.15.